The summed E-state index contributed by atoms with van der Waals surface area (Å²) in [6.07, 6.45) is 2.36. The van der Waals surface area contributed by atoms with Gasteiger partial charge in [0.05, 0.1) is 39.2 Å². The van der Waals surface area contributed by atoms with E-state index in [0.717, 1.165) is 12.8 Å². The maximum Gasteiger partial charge on any atom is 0.169 e. The van der Waals surface area contributed by atoms with E-state index in [1.165, 1.54) is 0 Å². The van der Waals surface area contributed by atoms with E-state index < -0.39 is 16.6 Å². The molecule has 0 amide bonds. The first-order valence-corrected chi connectivity index (χ1v) is 8.84. The molecular formula is C15H20ClNO3S. The maximum absolute atomic E-state index is 13.0. The fourth-order valence-corrected chi connectivity index (χ4v) is 5.34. The van der Waals surface area contributed by atoms with Gasteiger partial charge < -0.3 is 14.8 Å². The number of nitrogens with one attached hydrogen (secondary N) is 1. The minimum Gasteiger partial charge on any atom is -0.347 e. The molecule has 0 aromatic heterocycles. The Morgan fingerprint density at radius 2 is 2.05 bits per heavy atom. The van der Waals surface area contributed by atoms with E-state index in [1.54, 1.807) is 6.07 Å². The number of ether oxygens (including phenoxy) is 2. The highest BCUT2D eigenvalue weighted by Gasteiger charge is 2.47. The number of hydrogen-bond acceptors (Lipinski definition) is 4. The van der Waals surface area contributed by atoms with Crippen LogP contribution in [0.5, 0.6) is 0 Å². The van der Waals surface area contributed by atoms with Crippen molar-refractivity contribution in [2.24, 2.45) is 0 Å². The lowest BCUT2D eigenvalue weighted by Gasteiger charge is -2.40. The quantitative estimate of drug-likeness (QED) is 0.924. The van der Waals surface area contributed by atoms with Crippen LogP contribution in [0.25, 0.3) is 0 Å². The largest absolute Gasteiger partial charge is 0.347 e. The van der Waals surface area contributed by atoms with Crippen LogP contribution < -0.4 is 5.32 Å². The van der Waals surface area contributed by atoms with Gasteiger partial charge in [-0.1, -0.05) is 23.7 Å². The molecule has 1 heterocycles. The molecular weight excluding hydrogens is 310 g/mol. The molecule has 1 N–H and O–H groups in total. The van der Waals surface area contributed by atoms with E-state index in [4.69, 9.17) is 21.1 Å². The van der Waals surface area contributed by atoms with Crippen LogP contribution in [-0.2, 0) is 20.3 Å². The Labute approximate surface area is 132 Å². The molecule has 6 heteroatoms. The fourth-order valence-electron chi connectivity index (χ4n) is 3.20. The lowest BCUT2D eigenvalue weighted by Crippen LogP contribution is -2.51. The zero-order valence-electron chi connectivity index (χ0n) is 12.0. The summed E-state index contributed by atoms with van der Waals surface area (Å²) in [5.41, 5.74) is 0. The monoisotopic (exact) mass is 329 g/mol. The number of hydrogen-bond donors (Lipinski definition) is 1. The molecule has 1 saturated heterocycles. The van der Waals surface area contributed by atoms with Gasteiger partial charge in [0.25, 0.3) is 0 Å². The predicted molar refractivity (Wildman–Crippen MR) is 83.0 cm³/mol. The molecule has 1 aromatic rings. The zero-order valence-corrected chi connectivity index (χ0v) is 13.6. The van der Waals surface area contributed by atoms with E-state index in [2.05, 4.69) is 5.32 Å². The molecule has 1 saturated carbocycles. The zero-order chi connectivity index (χ0) is 14.9. The van der Waals surface area contributed by atoms with Gasteiger partial charge in [-0.15, -0.1) is 0 Å². The maximum atomic E-state index is 13.0. The van der Waals surface area contributed by atoms with Crippen molar-refractivity contribution in [3.05, 3.63) is 29.3 Å². The van der Waals surface area contributed by atoms with Gasteiger partial charge in [-0.2, -0.15) is 0 Å². The first-order chi connectivity index (χ1) is 10.2. The van der Waals surface area contributed by atoms with Gasteiger partial charge in [-0.3, -0.25) is 4.21 Å². The molecule has 2 fully saturated rings. The van der Waals surface area contributed by atoms with Gasteiger partial charge in [-0.05, 0) is 25.6 Å². The van der Waals surface area contributed by atoms with Gasteiger partial charge in [-0.25, -0.2) is 0 Å². The van der Waals surface area contributed by atoms with Crippen molar-refractivity contribution in [2.75, 3.05) is 20.3 Å². The number of benzene rings is 1. The van der Waals surface area contributed by atoms with Crippen LogP contribution in [0.1, 0.15) is 19.3 Å². The second-order valence-electron chi connectivity index (χ2n) is 5.51. The van der Waals surface area contributed by atoms with E-state index in [0.29, 0.717) is 29.6 Å². The lowest BCUT2D eigenvalue weighted by atomic mass is 9.89. The van der Waals surface area contributed by atoms with Crippen molar-refractivity contribution in [1.82, 2.24) is 5.32 Å². The highest BCUT2D eigenvalue weighted by molar-refractivity contribution is 7.85. The van der Waals surface area contributed by atoms with E-state index in [-0.39, 0.29) is 11.3 Å². The van der Waals surface area contributed by atoms with Crippen LogP contribution in [0.15, 0.2) is 29.2 Å². The summed E-state index contributed by atoms with van der Waals surface area (Å²) in [4.78, 5) is 0.694. The molecule has 1 aliphatic heterocycles. The Morgan fingerprint density at radius 3 is 2.71 bits per heavy atom. The first-order valence-electron chi connectivity index (χ1n) is 7.25. The molecule has 116 valence electrons. The third-order valence-corrected chi connectivity index (χ3v) is 6.59. The number of rotatable bonds is 3. The van der Waals surface area contributed by atoms with Crippen LogP contribution in [-0.4, -0.2) is 41.5 Å². The molecule has 0 bridgehead atoms. The fraction of sp³-hybridized carbons (Fsp3) is 0.600. The highest BCUT2D eigenvalue weighted by atomic mass is 35.5. The summed E-state index contributed by atoms with van der Waals surface area (Å²) in [6.45, 7) is 1.24. The van der Waals surface area contributed by atoms with Gasteiger partial charge in [0.1, 0.15) is 0 Å². The van der Waals surface area contributed by atoms with Gasteiger partial charge in [0.15, 0.2) is 5.79 Å². The van der Waals surface area contributed by atoms with Crippen LogP contribution in [0.2, 0.25) is 5.02 Å². The normalized spacial score (nSPS) is 29.6. The van der Waals surface area contributed by atoms with Crippen molar-refractivity contribution >= 4 is 22.4 Å². The Morgan fingerprint density at radius 1 is 1.33 bits per heavy atom. The highest BCUT2D eigenvalue weighted by Crippen LogP contribution is 2.39. The Hall–Kier alpha value is -0.460. The summed E-state index contributed by atoms with van der Waals surface area (Å²) in [5, 5.41) is 3.77. The second kappa shape index (κ2) is 6.34. The number of halogens is 1. The molecule has 3 unspecified atom stereocenters. The summed E-state index contributed by atoms with van der Waals surface area (Å²) < 4.78 is 24.6. The molecule has 1 spiro atoms. The molecule has 2 aliphatic rings. The van der Waals surface area contributed by atoms with Crippen LogP contribution in [0.3, 0.4) is 0 Å². The average Bonchev–Trinajstić information content (AvgIpc) is 2.95. The molecule has 3 rings (SSSR count). The Balaban J connectivity index is 1.86. The SMILES string of the molecule is CNC1CCC2(CC1S(=O)c1ccccc1Cl)OCCO2. The first kappa shape index (κ1) is 15.4. The standard InChI is InChI=1S/C15H20ClNO3S/c1-17-12-6-7-15(19-8-9-20-15)10-14(12)21(18)13-5-3-2-4-11(13)16/h2-5,12,14,17H,6-10H2,1H3. The lowest BCUT2D eigenvalue weighted by molar-refractivity contribution is -0.178. The van der Waals surface area contributed by atoms with E-state index >= 15 is 0 Å². The van der Waals surface area contributed by atoms with E-state index in [1.807, 2.05) is 25.2 Å². The molecule has 4 nitrogen and oxygen atoms in total. The van der Waals surface area contributed by atoms with E-state index in [9.17, 15) is 4.21 Å². The third kappa shape index (κ3) is 3.03. The van der Waals surface area contributed by atoms with Crippen LogP contribution >= 0.6 is 11.6 Å². The van der Waals surface area contributed by atoms with Gasteiger partial charge in [0.2, 0.25) is 0 Å². The second-order valence-corrected chi connectivity index (χ2v) is 7.56. The van der Waals surface area contributed by atoms with Crippen LogP contribution in [0, 0.1) is 0 Å². The van der Waals surface area contributed by atoms with Crippen molar-refractivity contribution in [3.63, 3.8) is 0 Å². The summed E-state index contributed by atoms with van der Waals surface area (Å²) >= 11 is 6.20. The van der Waals surface area contributed by atoms with Crippen molar-refractivity contribution in [1.29, 1.82) is 0 Å². The minimum absolute atomic E-state index is 0.0678. The minimum atomic E-state index is -1.19. The van der Waals surface area contributed by atoms with Crippen molar-refractivity contribution in [2.45, 2.75) is 41.2 Å². The molecule has 3 atom stereocenters. The average molecular weight is 330 g/mol. The smallest absolute Gasteiger partial charge is 0.169 e. The molecule has 0 radical (unpaired) electrons. The Bertz CT molecular complexity index is 533. The van der Waals surface area contributed by atoms with Gasteiger partial charge in [0, 0.05) is 18.9 Å². The van der Waals surface area contributed by atoms with Crippen molar-refractivity contribution < 1.29 is 13.7 Å². The summed E-state index contributed by atoms with van der Waals surface area (Å²) in [6, 6.07) is 7.52. The Kier molecular flexibility index (Phi) is 4.66. The van der Waals surface area contributed by atoms with Gasteiger partial charge >= 0.3 is 0 Å². The molecule has 21 heavy (non-hydrogen) atoms. The summed E-state index contributed by atoms with van der Waals surface area (Å²) in [5.74, 6) is -0.547. The topological polar surface area (TPSA) is 47.6 Å². The summed E-state index contributed by atoms with van der Waals surface area (Å²) in [7, 11) is 0.725. The molecule has 1 aromatic carbocycles. The van der Waals surface area contributed by atoms with Crippen LogP contribution in [0.4, 0.5) is 0 Å². The third-order valence-electron chi connectivity index (χ3n) is 4.31. The van der Waals surface area contributed by atoms with Crippen molar-refractivity contribution in [3.8, 4) is 0 Å². The molecule has 1 aliphatic carbocycles. The predicted octanol–water partition coefficient (Wildman–Crippen LogP) is 2.33.